The molecule has 0 amide bonds. The van der Waals surface area contributed by atoms with Gasteiger partial charge >= 0.3 is 0 Å². The van der Waals surface area contributed by atoms with Crippen LogP contribution in [-0.4, -0.2) is 22.0 Å². The van der Waals surface area contributed by atoms with Gasteiger partial charge in [-0.25, -0.2) is 4.39 Å². The number of benzene rings is 1. The van der Waals surface area contributed by atoms with Crippen LogP contribution in [0.1, 0.15) is 24.2 Å². The number of aromatic amines is 1. The predicted octanol–water partition coefficient (Wildman–Crippen LogP) is 2.60. The second-order valence-electron chi connectivity index (χ2n) is 3.92. The summed E-state index contributed by atoms with van der Waals surface area (Å²) in [5.74, 6) is -0.247. The molecular weight excluding hydrogens is 299 g/mol. The first-order valence-corrected chi connectivity index (χ1v) is 6.53. The van der Waals surface area contributed by atoms with Crippen molar-refractivity contribution in [1.82, 2.24) is 20.7 Å². The minimum atomic E-state index is -0.247. The molecule has 0 radical (unpaired) electrons. The normalized spacial score (nSPS) is 12.6. The second-order valence-corrected chi connectivity index (χ2v) is 4.72. The highest BCUT2D eigenvalue weighted by molar-refractivity contribution is 9.10. The van der Waals surface area contributed by atoms with Gasteiger partial charge in [0.2, 0.25) is 0 Å². The van der Waals surface area contributed by atoms with Crippen molar-refractivity contribution < 1.29 is 4.39 Å². The standard InChI is InChI=1S/C12H14BrFN4/c1-2-15-10(11-7-16-18-17-11)6-8-4-3-5-9(14)12(8)13/h3-5,7,10,15H,2,6H2,1H3,(H,16,17,18). The molecule has 0 aliphatic rings. The summed E-state index contributed by atoms with van der Waals surface area (Å²) in [6, 6.07) is 5.07. The summed E-state index contributed by atoms with van der Waals surface area (Å²) in [4.78, 5) is 0. The van der Waals surface area contributed by atoms with Crippen molar-refractivity contribution in [3.8, 4) is 0 Å². The number of H-pyrrole nitrogens is 1. The van der Waals surface area contributed by atoms with E-state index in [1.807, 2.05) is 13.0 Å². The monoisotopic (exact) mass is 312 g/mol. The Bertz CT molecular complexity index is 501. The van der Waals surface area contributed by atoms with Crippen LogP contribution in [0, 0.1) is 5.82 Å². The van der Waals surface area contributed by atoms with Crippen LogP contribution in [0.15, 0.2) is 28.9 Å². The number of hydrogen-bond acceptors (Lipinski definition) is 3. The van der Waals surface area contributed by atoms with Crippen LogP contribution in [0.4, 0.5) is 4.39 Å². The zero-order valence-electron chi connectivity index (χ0n) is 9.95. The number of aromatic nitrogens is 3. The van der Waals surface area contributed by atoms with Crippen molar-refractivity contribution in [2.24, 2.45) is 0 Å². The number of halogens is 2. The lowest BCUT2D eigenvalue weighted by Gasteiger charge is -2.16. The van der Waals surface area contributed by atoms with E-state index in [4.69, 9.17) is 0 Å². The maximum atomic E-state index is 13.5. The first kappa shape index (κ1) is 13.2. The lowest BCUT2D eigenvalue weighted by Crippen LogP contribution is -2.23. The highest BCUT2D eigenvalue weighted by Crippen LogP contribution is 2.25. The van der Waals surface area contributed by atoms with E-state index in [-0.39, 0.29) is 11.9 Å². The van der Waals surface area contributed by atoms with Gasteiger partial charge in [0.05, 0.1) is 22.4 Å². The number of nitrogens with one attached hydrogen (secondary N) is 2. The van der Waals surface area contributed by atoms with Crippen LogP contribution in [0.25, 0.3) is 0 Å². The molecule has 1 aromatic heterocycles. The highest BCUT2D eigenvalue weighted by atomic mass is 79.9. The summed E-state index contributed by atoms with van der Waals surface area (Å²) in [6.45, 7) is 2.83. The lowest BCUT2D eigenvalue weighted by molar-refractivity contribution is 0.531. The quantitative estimate of drug-likeness (QED) is 0.892. The molecule has 0 aliphatic carbocycles. The molecule has 1 atom stereocenters. The van der Waals surface area contributed by atoms with E-state index in [9.17, 15) is 4.39 Å². The lowest BCUT2D eigenvalue weighted by atomic mass is 10.0. The van der Waals surface area contributed by atoms with E-state index in [1.165, 1.54) is 6.07 Å². The van der Waals surface area contributed by atoms with Crippen molar-refractivity contribution >= 4 is 15.9 Å². The van der Waals surface area contributed by atoms with Gasteiger partial charge in [-0.05, 0) is 40.5 Å². The van der Waals surface area contributed by atoms with Gasteiger partial charge in [0.15, 0.2) is 0 Å². The van der Waals surface area contributed by atoms with Gasteiger partial charge in [-0.3, -0.25) is 0 Å². The summed E-state index contributed by atoms with van der Waals surface area (Å²) < 4.78 is 14.0. The molecule has 2 N–H and O–H groups in total. The van der Waals surface area contributed by atoms with Crippen LogP contribution in [0.2, 0.25) is 0 Å². The Hall–Kier alpha value is -1.27. The molecule has 0 saturated heterocycles. The van der Waals surface area contributed by atoms with Gasteiger partial charge in [-0.2, -0.15) is 15.4 Å². The fraction of sp³-hybridized carbons (Fsp3) is 0.333. The van der Waals surface area contributed by atoms with Crippen LogP contribution in [0.5, 0.6) is 0 Å². The molecule has 18 heavy (non-hydrogen) atoms. The molecule has 1 unspecified atom stereocenters. The average molecular weight is 313 g/mol. The molecule has 2 aromatic rings. The van der Waals surface area contributed by atoms with Gasteiger partial charge < -0.3 is 5.32 Å². The molecule has 0 bridgehead atoms. The Labute approximate surface area is 113 Å². The van der Waals surface area contributed by atoms with E-state index in [0.717, 1.165) is 17.8 Å². The minimum absolute atomic E-state index is 0.0202. The van der Waals surface area contributed by atoms with E-state index < -0.39 is 0 Å². The Morgan fingerprint density at radius 2 is 2.33 bits per heavy atom. The van der Waals surface area contributed by atoms with Crippen LogP contribution in [0.3, 0.4) is 0 Å². The molecule has 96 valence electrons. The number of nitrogens with zero attached hydrogens (tertiary/aromatic N) is 2. The fourth-order valence-corrected chi connectivity index (χ4v) is 2.26. The summed E-state index contributed by atoms with van der Waals surface area (Å²) in [5.41, 5.74) is 1.73. The van der Waals surface area contributed by atoms with E-state index in [2.05, 4.69) is 36.7 Å². The molecule has 0 aliphatic heterocycles. The third-order valence-corrected chi connectivity index (χ3v) is 3.58. The van der Waals surface area contributed by atoms with E-state index in [0.29, 0.717) is 10.9 Å². The molecule has 1 aromatic carbocycles. The number of hydrogen-bond donors (Lipinski definition) is 2. The molecule has 0 fully saturated rings. The minimum Gasteiger partial charge on any atom is -0.309 e. The van der Waals surface area contributed by atoms with Gasteiger partial charge in [0, 0.05) is 0 Å². The molecule has 0 saturated carbocycles. The largest absolute Gasteiger partial charge is 0.309 e. The fourth-order valence-electron chi connectivity index (χ4n) is 1.83. The summed E-state index contributed by atoms with van der Waals surface area (Å²) in [6.07, 6.45) is 2.33. The molecule has 6 heteroatoms. The van der Waals surface area contributed by atoms with Crippen LogP contribution < -0.4 is 5.32 Å². The molecule has 0 spiro atoms. The maximum absolute atomic E-state index is 13.5. The zero-order valence-corrected chi connectivity index (χ0v) is 11.5. The van der Waals surface area contributed by atoms with Crippen molar-refractivity contribution in [2.75, 3.05) is 6.54 Å². The summed E-state index contributed by atoms with van der Waals surface area (Å²) in [7, 11) is 0. The first-order valence-electron chi connectivity index (χ1n) is 5.74. The Kier molecular flexibility index (Phi) is 4.43. The SMILES string of the molecule is CCNC(Cc1cccc(F)c1Br)c1cn[nH]n1. The molecular formula is C12H14BrFN4. The molecule has 4 nitrogen and oxygen atoms in total. The maximum Gasteiger partial charge on any atom is 0.137 e. The van der Waals surface area contributed by atoms with Gasteiger partial charge in [-0.1, -0.05) is 19.1 Å². The van der Waals surface area contributed by atoms with Crippen LogP contribution >= 0.6 is 15.9 Å². The Morgan fingerprint density at radius 3 is 3.00 bits per heavy atom. The third-order valence-electron chi connectivity index (χ3n) is 2.70. The van der Waals surface area contributed by atoms with Gasteiger partial charge in [0.1, 0.15) is 5.82 Å². The van der Waals surface area contributed by atoms with Crippen LogP contribution in [-0.2, 0) is 6.42 Å². The number of rotatable bonds is 5. The zero-order chi connectivity index (χ0) is 13.0. The molecule has 1 heterocycles. The highest BCUT2D eigenvalue weighted by Gasteiger charge is 2.16. The van der Waals surface area contributed by atoms with Crippen molar-refractivity contribution in [3.63, 3.8) is 0 Å². The van der Waals surface area contributed by atoms with Crippen molar-refractivity contribution in [2.45, 2.75) is 19.4 Å². The Balaban J connectivity index is 2.21. The van der Waals surface area contributed by atoms with Crippen molar-refractivity contribution in [3.05, 3.63) is 45.9 Å². The first-order chi connectivity index (χ1) is 8.72. The predicted molar refractivity (Wildman–Crippen MR) is 70.6 cm³/mol. The number of likely N-dealkylation sites (N-methyl/N-ethyl adjacent to an activating group) is 1. The van der Waals surface area contributed by atoms with Crippen molar-refractivity contribution in [1.29, 1.82) is 0 Å². The smallest absolute Gasteiger partial charge is 0.137 e. The summed E-state index contributed by atoms with van der Waals surface area (Å²) in [5, 5.41) is 13.8. The second kappa shape index (κ2) is 6.06. The van der Waals surface area contributed by atoms with E-state index in [1.54, 1.807) is 12.3 Å². The average Bonchev–Trinajstić information content (AvgIpc) is 2.88. The van der Waals surface area contributed by atoms with Gasteiger partial charge in [0.25, 0.3) is 0 Å². The Morgan fingerprint density at radius 1 is 1.50 bits per heavy atom. The molecule has 2 rings (SSSR count). The third kappa shape index (κ3) is 2.94. The summed E-state index contributed by atoms with van der Waals surface area (Å²) >= 11 is 3.28. The topological polar surface area (TPSA) is 53.6 Å². The van der Waals surface area contributed by atoms with E-state index >= 15 is 0 Å². The van der Waals surface area contributed by atoms with Gasteiger partial charge in [-0.15, -0.1) is 0 Å².